The number of anilines is 1. The first-order valence-corrected chi connectivity index (χ1v) is 10.4. The maximum absolute atomic E-state index is 12.6. The van der Waals surface area contributed by atoms with Crippen LogP contribution in [0.5, 0.6) is 5.75 Å². The SMILES string of the molecule is CCOC(=O)Cc1csc(NC(=O)CCn2c(=O)cc(C)c3cccc(OC)c32)n1. The van der Waals surface area contributed by atoms with E-state index in [4.69, 9.17) is 9.47 Å². The number of esters is 1. The summed E-state index contributed by atoms with van der Waals surface area (Å²) in [5, 5.41) is 5.72. The van der Waals surface area contributed by atoms with Crippen LogP contribution >= 0.6 is 11.3 Å². The summed E-state index contributed by atoms with van der Waals surface area (Å²) in [5.41, 5.74) is 1.87. The largest absolute Gasteiger partial charge is 0.495 e. The van der Waals surface area contributed by atoms with Crippen LogP contribution in [-0.4, -0.2) is 35.1 Å². The molecule has 2 heterocycles. The number of carbonyl (C=O) groups excluding carboxylic acids is 2. The van der Waals surface area contributed by atoms with Crippen molar-refractivity contribution in [1.29, 1.82) is 0 Å². The zero-order valence-electron chi connectivity index (χ0n) is 17.1. The average Bonchev–Trinajstić information content (AvgIpc) is 3.14. The van der Waals surface area contributed by atoms with Gasteiger partial charge in [-0.1, -0.05) is 12.1 Å². The summed E-state index contributed by atoms with van der Waals surface area (Å²) in [6.45, 7) is 4.12. The van der Waals surface area contributed by atoms with Crippen molar-refractivity contribution in [2.45, 2.75) is 33.2 Å². The monoisotopic (exact) mass is 429 g/mol. The summed E-state index contributed by atoms with van der Waals surface area (Å²) in [5.74, 6) is -0.0555. The number of nitrogens with zero attached hydrogens (tertiary/aromatic N) is 2. The molecule has 8 nitrogen and oxygen atoms in total. The molecule has 9 heteroatoms. The lowest BCUT2D eigenvalue weighted by atomic mass is 10.1. The van der Waals surface area contributed by atoms with E-state index in [9.17, 15) is 14.4 Å². The van der Waals surface area contributed by atoms with E-state index >= 15 is 0 Å². The van der Waals surface area contributed by atoms with Crippen molar-refractivity contribution in [2.75, 3.05) is 19.0 Å². The number of rotatable bonds is 8. The van der Waals surface area contributed by atoms with Gasteiger partial charge < -0.3 is 19.4 Å². The number of hydrogen-bond acceptors (Lipinski definition) is 7. The smallest absolute Gasteiger partial charge is 0.311 e. The standard InChI is InChI=1S/C21H23N3O5S/c1-4-29-19(27)11-14-12-30-21(22-14)23-17(25)8-9-24-18(26)10-13(2)15-6-5-7-16(28-3)20(15)24/h5-7,10,12H,4,8-9,11H2,1-3H3,(H,22,23,25). The van der Waals surface area contributed by atoms with Crippen LogP contribution in [0.1, 0.15) is 24.6 Å². The molecule has 0 saturated carbocycles. The summed E-state index contributed by atoms with van der Waals surface area (Å²) in [6, 6.07) is 7.14. The Morgan fingerprint density at radius 2 is 2.10 bits per heavy atom. The van der Waals surface area contributed by atoms with Crippen LogP contribution in [0.4, 0.5) is 5.13 Å². The number of pyridine rings is 1. The van der Waals surface area contributed by atoms with E-state index in [1.807, 2.05) is 19.1 Å². The molecule has 0 aliphatic rings. The van der Waals surface area contributed by atoms with E-state index in [1.54, 1.807) is 36.1 Å². The minimum atomic E-state index is -0.361. The molecule has 1 aromatic carbocycles. The second kappa shape index (κ2) is 9.53. The first-order valence-electron chi connectivity index (χ1n) is 9.50. The Labute approximate surface area is 177 Å². The van der Waals surface area contributed by atoms with Crippen LogP contribution in [-0.2, 0) is 27.3 Å². The molecule has 3 rings (SSSR count). The fourth-order valence-corrected chi connectivity index (χ4v) is 3.88. The molecule has 30 heavy (non-hydrogen) atoms. The third kappa shape index (κ3) is 4.85. The van der Waals surface area contributed by atoms with E-state index in [0.717, 1.165) is 10.9 Å². The summed E-state index contributed by atoms with van der Waals surface area (Å²) in [4.78, 5) is 40.7. The number of carbonyl (C=O) groups is 2. The lowest BCUT2D eigenvalue weighted by Gasteiger charge is -2.14. The number of methoxy groups -OCH3 is 1. The number of aryl methyl sites for hydroxylation is 2. The lowest BCUT2D eigenvalue weighted by molar-refractivity contribution is -0.142. The Morgan fingerprint density at radius 3 is 2.83 bits per heavy atom. The number of para-hydroxylation sites is 1. The quantitative estimate of drug-likeness (QED) is 0.553. The maximum atomic E-state index is 12.6. The topological polar surface area (TPSA) is 99.5 Å². The van der Waals surface area contributed by atoms with Gasteiger partial charge in [0.1, 0.15) is 5.75 Å². The number of fused-ring (bicyclic) bond motifs is 1. The summed E-state index contributed by atoms with van der Waals surface area (Å²) in [6.07, 6.45) is 0.146. The first kappa shape index (κ1) is 21.5. The normalized spacial score (nSPS) is 10.8. The van der Waals surface area contributed by atoms with Gasteiger partial charge >= 0.3 is 5.97 Å². The second-order valence-corrected chi connectivity index (χ2v) is 7.46. The number of amides is 1. The number of benzene rings is 1. The molecule has 1 amide bonds. The minimum absolute atomic E-state index is 0.0603. The molecule has 0 atom stereocenters. The highest BCUT2D eigenvalue weighted by atomic mass is 32.1. The molecule has 3 aromatic rings. The van der Waals surface area contributed by atoms with Gasteiger partial charge in [-0.15, -0.1) is 11.3 Å². The third-order valence-corrected chi connectivity index (χ3v) is 5.32. The Hall–Kier alpha value is -3.20. The van der Waals surface area contributed by atoms with Crippen LogP contribution in [0, 0.1) is 6.92 Å². The molecule has 0 bridgehead atoms. The first-order chi connectivity index (χ1) is 14.4. The molecule has 0 aliphatic heterocycles. The van der Waals surface area contributed by atoms with Crippen molar-refractivity contribution in [3.05, 3.63) is 51.3 Å². The Balaban J connectivity index is 1.71. The maximum Gasteiger partial charge on any atom is 0.311 e. The van der Waals surface area contributed by atoms with Crippen LogP contribution < -0.4 is 15.6 Å². The van der Waals surface area contributed by atoms with Gasteiger partial charge in [-0.05, 0) is 25.5 Å². The zero-order valence-corrected chi connectivity index (χ0v) is 17.9. The van der Waals surface area contributed by atoms with Crippen molar-refractivity contribution in [1.82, 2.24) is 9.55 Å². The highest BCUT2D eigenvalue weighted by Crippen LogP contribution is 2.26. The van der Waals surface area contributed by atoms with Crippen LogP contribution in [0.15, 0.2) is 34.4 Å². The van der Waals surface area contributed by atoms with Gasteiger partial charge in [0.25, 0.3) is 5.56 Å². The fourth-order valence-electron chi connectivity index (χ4n) is 3.16. The zero-order chi connectivity index (χ0) is 21.7. The average molecular weight is 429 g/mol. The van der Waals surface area contributed by atoms with Gasteiger partial charge in [0, 0.05) is 29.8 Å². The van der Waals surface area contributed by atoms with Crippen LogP contribution in [0.25, 0.3) is 10.9 Å². The Bertz CT molecular complexity index is 1140. The van der Waals surface area contributed by atoms with E-state index < -0.39 is 0 Å². The predicted octanol–water partition coefficient (Wildman–Crippen LogP) is 2.91. The van der Waals surface area contributed by atoms with Crippen molar-refractivity contribution >= 4 is 39.2 Å². The second-order valence-electron chi connectivity index (χ2n) is 6.60. The molecule has 0 fully saturated rings. The van der Waals surface area contributed by atoms with Gasteiger partial charge in [0.15, 0.2) is 5.13 Å². The van der Waals surface area contributed by atoms with Crippen molar-refractivity contribution in [3.8, 4) is 5.75 Å². The highest BCUT2D eigenvalue weighted by Gasteiger charge is 2.14. The molecule has 1 N–H and O–H groups in total. The van der Waals surface area contributed by atoms with Crippen molar-refractivity contribution in [3.63, 3.8) is 0 Å². The lowest BCUT2D eigenvalue weighted by Crippen LogP contribution is -2.24. The van der Waals surface area contributed by atoms with E-state index in [-0.39, 0.29) is 36.8 Å². The molecule has 0 radical (unpaired) electrons. The van der Waals surface area contributed by atoms with E-state index in [2.05, 4.69) is 10.3 Å². The number of thiazole rings is 1. The highest BCUT2D eigenvalue weighted by molar-refractivity contribution is 7.13. The number of ether oxygens (including phenoxy) is 2. The Kier molecular flexibility index (Phi) is 6.83. The molecule has 158 valence electrons. The van der Waals surface area contributed by atoms with E-state index in [1.165, 1.54) is 11.3 Å². The van der Waals surface area contributed by atoms with Crippen LogP contribution in [0.3, 0.4) is 0 Å². The van der Waals surface area contributed by atoms with Crippen LogP contribution in [0.2, 0.25) is 0 Å². The molecule has 0 saturated heterocycles. The predicted molar refractivity (Wildman–Crippen MR) is 115 cm³/mol. The number of aromatic nitrogens is 2. The van der Waals surface area contributed by atoms with Crippen molar-refractivity contribution < 1.29 is 19.1 Å². The Morgan fingerprint density at radius 1 is 1.30 bits per heavy atom. The number of nitrogens with one attached hydrogen (secondary N) is 1. The molecular weight excluding hydrogens is 406 g/mol. The molecule has 0 unspecified atom stereocenters. The fraction of sp³-hybridized carbons (Fsp3) is 0.333. The van der Waals surface area contributed by atoms with Gasteiger partial charge in [-0.3, -0.25) is 14.4 Å². The van der Waals surface area contributed by atoms with E-state index in [0.29, 0.717) is 28.7 Å². The third-order valence-electron chi connectivity index (χ3n) is 4.51. The van der Waals surface area contributed by atoms with Gasteiger partial charge in [0.05, 0.1) is 31.3 Å². The minimum Gasteiger partial charge on any atom is -0.495 e. The van der Waals surface area contributed by atoms with Gasteiger partial charge in [-0.2, -0.15) is 0 Å². The summed E-state index contributed by atoms with van der Waals surface area (Å²) < 4.78 is 11.9. The summed E-state index contributed by atoms with van der Waals surface area (Å²) >= 11 is 1.23. The van der Waals surface area contributed by atoms with Crippen molar-refractivity contribution in [2.24, 2.45) is 0 Å². The molecule has 2 aromatic heterocycles. The molecule has 0 aliphatic carbocycles. The molecular formula is C21H23N3O5S. The van der Waals surface area contributed by atoms with Gasteiger partial charge in [-0.25, -0.2) is 4.98 Å². The molecule has 0 spiro atoms. The number of hydrogen-bond donors (Lipinski definition) is 1. The van der Waals surface area contributed by atoms with Gasteiger partial charge in [0.2, 0.25) is 5.91 Å². The summed E-state index contributed by atoms with van der Waals surface area (Å²) in [7, 11) is 1.55.